The Morgan fingerprint density at radius 2 is 0.755 bits per heavy atom. The molecular weight excluding hydrogens is 684 g/mol. The van der Waals surface area contributed by atoms with Crippen LogP contribution in [0.5, 0.6) is 0 Å². The summed E-state index contributed by atoms with van der Waals surface area (Å²) >= 11 is 0. The molecule has 0 aliphatic heterocycles. The highest BCUT2D eigenvalue weighted by molar-refractivity contribution is 5.34. The Morgan fingerprint density at radius 1 is 0.472 bits per heavy atom. The maximum atomic E-state index is 14.2. The monoisotopic (exact) mass is 726 g/mol. The summed E-state index contributed by atoms with van der Waals surface area (Å²) in [7, 11) is 3.58. The quantitative estimate of drug-likeness (QED) is 0.0929. The topological polar surface area (TPSA) is 96.4 Å². The molecule has 4 atom stereocenters. The average Bonchev–Trinajstić information content (AvgIpc) is 3.79. The molecule has 0 spiro atoms. The van der Waals surface area contributed by atoms with E-state index in [1.165, 1.54) is 48.5 Å². The van der Waals surface area contributed by atoms with Crippen molar-refractivity contribution in [2.24, 2.45) is 14.1 Å². The van der Waals surface area contributed by atoms with Crippen molar-refractivity contribution in [1.29, 1.82) is 0 Å². The number of nitrogens with zero attached hydrogens (tertiary/aromatic N) is 8. The predicted molar refractivity (Wildman–Crippen MR) is 191 cm³/mol. The van der Waals surface area contributed by atoms with Crippen molar-refractivity contribution in [1.82, 2.24) is 40.4 Å². The van der Waals surface area contributed by atoms with Crippen LogP contribution in [0.1, 0.15) is 97.1 Å². The highest BCUT2D eigenvalue weighted by Crippen LogP contribution is 2.38. The van der Waals surface area contributed by atoms with Crippen LogP contribution >= 0.6 is 0 Å². The molecule has 53 heavy (non-hydrogen) atoms. The van der Waals surface area contributed by atoms with Crippen LogP contribution in [-0.4, -0.2) is 52.6 Å². The molecule has 13 heteroatoms. The lowest BCUT2D eigenvalue weighted by molar-refractivity contribution is -0.0373. The molecule has 0 aliphatic carbocycles. The van der Waals surface area contributed by atoms with Gasteiger partial charge in [-0.15, -0.1) is 10.2 Å². The second-order valence-electron chi connectivity index (χ2n) is 13.8. The van der Waals surface area contributed by atoms with Crippen molar-refractivity contribution >= 4 is 0 Å². The van der Waals surface area contributed by atoms with Gasteiger partial charge in [-0.2, -0.15) is 0 Å². The van der Waals surface area contributed by atoms with Crippen LogP contribution in [0, 0.1) is 23.3 Å². The smallest absolute Gasteiger partial charge is 0.153 e. The molecule has 4 aromatic carbocycles. The zero-order valence-electron chi connectivity index (χ0n) is 30.0. The Hall–Kier alpha value is -5.30. The van der Waals surface area contributed by atoms with E-state index in [9.17, 15) is 17.6 Å². The zero-order chi connectivity index (χ0) is 37.5. The van der Waals surface area contributed by atoms with Crippen molar-refractivity contribution in [2.45, 2.75) is 75.4 Å². The Morgan fingerprint density at radius 3 is 1.00 bits per heavy atom. The molecule has 9 nitrogen and oxygen atoms in total. The first kappa shape index (κ1) is 37.5. The number of hydrogen-bond acceptors (Lipinski definition) is 7. The van der Waals surface area contributed by atoms with Crippen LogP contribution in [0.25, 0.3) is 0 Å². The molecule has 0 fully saturated rings. The molecule has 0 saturated heterocycles. The molecule has 0 N–H and O–H groups in total. The van der Waals surface area contributed by atoms with Crippen molar-refractivity contribution in [2.75, 3.05) is 0 Å². The molecule has 0 radical (unpaired) electrons. The summed E-state index contributed by atoms with van der Waals surface area (Å²) in [6.45, 7) is 4.07. The minimum Gasteiger partial charge on any atom is -0.375 e. The summed E-state index contributed by atoms with van der Waals surface area (Å²) in [5.41, 5.74) is 3.41. The van der Waals surface area contributed by atoms with Gasteiger partial charge in [-0.25, -0.2) is 26.9 Å². The van der Waals surface area contributed by atoms with E-state index >= 15 is 0 Å². The first-order valence-electron chi connectivity index (χ1n) is 17.7. The Kier molecular flexibility index (Phi) is 12.0. The normalized spacial score (nSPS) is 14.1. The van der Waals surface area contributed by atoms with Gasteiger partial charge in [-0.05, 0) is 117 Å². The van der Waals surface area contributed by atoms with E-state index in [4.69, 9.17) is 4.74 Å². The summed E-state index contributed by atoms with van der Waals surface area (Å²) in [4.78, 5) is 0. The number of ether oxygens (including phenoxy) is 1. The minimum atomic E-state index is -0.418. The molecule has 6 aromatic rings. The van der Waals surface area contributed by atoms with Crippen LogP contribution < -0.4 is 0 Å². The first-order chi connectivity index (χ1) is 25.5. The largest absolute Gasteiger partial charge is 0.375 e. The summed E-state index contributed by atoms with van der Waals surface area (Å²) in [6.07, 6.45) is 1.11. The molecule has 6 rings (SSSR count). The molecule has 0 aliphatic rings. The first-order valence-corrected chi connectivity index (χ1v) is 17.7. The fraction of sp³-hybridized carbons (Fsp3) is 0.350. The van der Waals surface area contributed by atoms with E-state index in [0.717, 1.165) is 22.3 Å². The van der Waals surface area contributed by atoms with E-state index in [0.29, 0.717) is 37.3 Å². The third-order valence-electron chi connectivity index (χ3n) is 9.89. The van der Waals surface area contributed by atoms with Gasteiger partial charge in [0.1, 0.15) is 23.3 Å². The standard InChI is InChI=1S/C40H42F4N8O/c1-25(39-45-47-49-51(39)3)21-35(23-37(27-5-13-31(41)14-6-27)28-7-15-32(42)16-8-28)53-36(22-26(2)40-46-48-50-52(40)4)24-38(29-9-17-33(43)18-10-29)30-11-19-34(44)20-12-30/h5-20,25-26,35-38H,21-24H2,1-4H3. The number of aryl methyl sites for hydroxylation is 2. The number of halogens is 4. The lowest BCUT2D eigenvalue weighted by Crippen LogP contribution is -2.29. The molecule has 2 aromatic heterocycles. The number of aromatic nitrogens is 8. The SMILES string of the molecule is CC(CC(CC(c1ccc(F)cc1)c1ccc(F)cc1)OC(CC(C)c1nnnn1C)CC(c1ccc(F)cc1)c1ccc(F)cc1)c1nnnn1C. The van der Waals surface area contributed by atoms with Crippen molar-refractivity contribution < 1.29 is 22.3 Å². The third kappa shape index (κ3) is 9.58. The Balaban J connectivity index is 1.41. The van der Waals surface area contributed by atoms with Crippen molar-refractivity contribution in [3.05, 3.63) is 154 Å². The van der Waals surface area contributed by atoms with Gasteiger partial charge in [0.15, 0.2) is 11.6 Å². The Labute approximate surface area is 306 Å². The fourth-order valence-electron chi connectivity index (χ4n) is 7.23. The summed E-state index contributed by atoms with van der Waals surface area (Å²) < 4.78 is 67.2. The second-order valence-corrected chi connectivity index (χ2v) is 13.8. The highest BCUT2D eigenvalue weighted by atomic mass is 19.1. The number of benzene rings is 4. The van der Waals surface area contributed by atoms with Crippen molar-refractivity contribution in [3.63, 3.8) is 0 Å². The minimum absolute atomic E-state index is 0.131. The molecule has 0 amide bonds. The van der Waals surface area contributed by atoms with E-state index in [1.807, 2.05) is 13.8 Å². The molecule has 276 valence electrons. The maximum Gasteiger partial charge on any atom is 0.153 e. The van der Waals surface area contributed by atoms with Gasteiger partial charge >= 0.3 is 0 Å². The molecule has 0 saturated carbocycles. The third-order valence-corrected chi connectivity index (χ3v) is 9.89. The van der Waals surface area contributed by atoms with Crippen LogP contribution in [0.2, 0.25) is 0 Å². The number of hydrogen-bond donors (Lipinski definition) is 0. The van der Waals surface area contributed by atoms with Gasteiger partial charge in [-0.3, -0.25) is 0 Å². The molecule has 0 bridgehead atoms. The van der Waals surface area contributed by atoms with Crippen LogP contribution in [-0.2, 0) is 18.8 Å². The van der Waals surface area contributed by atoms with E-state index < -0.39 is 12.2 Å². The maximum absolute atomic E-state index is 14.2. The summed E-state index contributed by atoms with van der Waals surface area (Å²) in [5, 5.41) is 24.3. The van der Waals surface area contributed by atoms with Gasteiger partial charge in [0.25, 0.3) is 0 Å². The zero-order valence-corrected chi connectivity index (χ0v) is 30.0. The number of rotatable bonds is 16. The van der Waals surface area contributed by atoms with Gasteiger partial charge < -0.3 is 4.74 Å². The van der Waals surface area contributed by atoms with Crippen LogP contribution in [0.4, 0.5) is 17.6 Å². The van der Waals surface area contributed by atoms with E-state index in [-0.39, 0.29) is 46.9 Å². The average molecular weight is 727 g/mol. The molecule has 2 heterocycles. The fourth-order valence-corrected chi connectivity index (χ4v) is 7.23. The summed E-state index contributed by atoms with van der Waals surface area (Å²) in [6, 6.07) is 25.3. The van der Waals surface area contributed by atoms with E-state index in [2.05, 4.69) is 31.1 Å². The van der Waals surface area contributed by atoms with Gasteiger partial charge in [0.05, 0.1) is 12.2 Å². The summed E-state index contributed by atoms with van der Waals surface area (Å²) in [5.74, 6) is -0.889. The van der Waals surface area contributed by atoms with Crippen molar-refractivity contribution in [3.8, 4) is 0 Å². The van der Waals surface area contributed by atoms with Crippen LogP contribution in [0.3, 0.4) is 0 Å². The van der Waals surface area contributed by atoms with E-state index in [1.54, 1.807) is 72.0 Å². The van der Waals surface area contributed by atoms with Gasteiger partial charge in [0, 0.05) is 37.8 Å². The Bertz CT molecular complexity index is 1800. The predicted octanol–water partition coefficient (Wildman–Crippen LogP) is 8.18. The lowest BCUT2D eigenvalue weighted by atomic mass is 9.83. The molecular formula is C40H42F4N8O. The van der Waals surface area contributed by atoms with Gasteiger partial charge in [-0.1, -0.05) is 62.4 Å². The van der Waals surface area contributed by atoms with Gasteiger partial charge in [0.2, 0.25) is 0 Å². The molecule has 4 unspecified atom stereocenters. The number of tetrazole rings is 2. The second kappa shape index (κ2) is 17.0. The van der Waals surface area contributed by atoms with Crippen LogP contribution in [0.15, 0.2) is 97.1 Å². The highest BCUT2D eigenvalue weighted by Gasteiger charge is 2.31. The lowest BCUT2D eigenvalue weighted by Gasteiger charge is -2.33.